The van der Waals surface area contributed by atoms with E-state index in [1.165, 1.54) is 0 Å². The highest BCUT2D eigenvalue weighted by atomic mass is 28.4. The molecule has 0 spiro atoms. The van der Waals surface area contributed by atoms with Gasteiger partial charge in [0.1, 0.15) is 0 Å². The second-order valence-corrected chi connectivity index (χ2v) is 5.00. The molecule has 0 aliphatic heterocycles. The van der Waals surface area contributed by atoms with Crippen LogP contribution in [-0.4, -0.2) is 22.1 Å². The lowest BCUT2D eigenvalue weighted by molar-refractivity contribution is 0.156. The van der Waals surface area contributed by atoms with Crippen LogP contribution < -0.4 is 5.19 Å². The Hall–Kier alpha value is -0.713. The molecule has 0 fully saturated rings. The largest absolute Gasteiger partial charge is 0.575 e. The molecule has 0 heterocycles. The van der Waals surface area contributed by atoms with E-state index in [9.17, 15) is 4.11 Å². The fourth-order valence-electron chi connectivity index (χ4n) is 1.22. The number of halogens is 1. The monoisotopic (exact) mass is 214 g/mol. The van der Waals surface area contributed by atoms with Gasteiger partial charge in [-0.1, -0.05) is 30.3 Å². The predicted molar refractivity (Wildman–Crippen MR) is 56.2 cm³/mol. The maximum absolute atomic E-state index is 14.2. The average Bonchev–Trinajstić information content (AvgIpc) is 2.20. The fraction of sp³-hybridized carbons (Fsp3) is 0.400. The first-order chi connectivity index (χ1) is 6.73. The Morgan fingerprint density at radius 1 is 1.07 bits per heavy atom. The van der Waals surface area contributed by atoms with E-state index in [1.807, 2.05) is 6.07 Å². The lowest BCUT2D eigenvalue weighted by Gasteiger charge is -2.20. The molecule has 78 valence electrons. The van der Waals surface area contributed by atoms with Crippen LogP contribution >= 0.6 is 0 Å². The SMILES string of the molecule is CCO[Si](F)(OCC)c1ccccc1. The molecule has 0 bridgehead atoms. The minimum atomic E-state index is -3.63. The van der Waals surface area contributed by atoms with E-state index >= 15 is 0 Å². The third-order valence-electron chi connectivity index (χ3n) is 1.78. The summed E-state index contributed by atoms with van der Waals surface area (Å²) in [5, 5.41) is 0.531. The van der Waals surface area contributed by atoms with Crippen LogP contribution in [-0.2, 0) is 8.85 Å². The topological polar surface area (TPSA) is 18.5 Å². The van der Waals surface area contributed by atoms with Crippen LogP contribution in [0.15, 0.2) is 30.3 Å². The molecule has 0 N–H and O–H groups in total. The molecule has 0 amide bonds. The van der Waals surface area contributed by atoms with Gasteiger partial charge in [-0.15, -0.1) is 0 Å². The van der Waals surface area contributed by atoms with E-state index in [4.69, 9.17) is 8.85 Å². The molecule has 0 saturated heterocycles. The molecule has 0 aromatic heterocycles. The van der Waals surface area contributed by atoms with Gasteiger partial charge in [0.2, 0.25) is 0 Å². The maximum atomic E-state index is 14.2. The van der Waals surface area contributed by atoms with Crippen LogP contribution in [0.2, 0.25) is 0 Å². The van der Waals surface area contributed by atoms with E-state index in [0.717, 1.165) is 0 Å². The third-order valence-corrected chi connectivity index (χ3v) is 4.12. The van der Waals surface area contributed by atoms with Crippen molar-refractivity contribution < 1.29 is 13.0 Å². The normalized spacial score (nSPS) is 11.6. The molecule has 0 atom stereocenters. The zero-order valence-electron chi connectivity index (χ0n) is 8.50. The van der Waals surface area contributed by atoms with Gasteiger partial charge in [-0.3, -0.25) is 0 Å². The van der Waals surface area contributed by atoms with Crippen molar-refractivity contribution in [2.45, 2.75) is 13.8 Å². The van der Waals surface area contributed by atoms with Crippen LogP contribution in [0.25, 0.3) is 0 Å². The summed E-state index contributed by atoms with van der Waals surface area (Å²) in [6, 6.07) is 8.83. The minimum absolute atomic E-state index is 0.331. The van der Waals surface area contributed by atoms with Crippen molar-refractivity contribution in [1.82, 2.24) is 0 Å². The summed E-state index contributed by atoms with van der Waals surface area (Å²) in [6.07, 6.45) is 0. The number of hydrogen-bond donors (Lipinski definition) is 0. The smallest absolute Gasteiger partial charge is 0.367 e. The van der Waals surface area contributed by atoms with Crippen molar-refractivity contribution in [2.24, 2.45) is 0 Å². The Morgan fingerprint density at radius 3 is 2.00 bits per heavy atom. The standard InChI is InChI=1S/C10H15FO2Si/c1-3-12-14(11,13-4-2)10-8-6-5-7-9-10/h5-9H,3-4H2,1-2H3. The molecule has 0 unspecified atom stereocenters. The zero-order valence-corrected chi connectivity index (χ0v) is 9.50. The van der Waals surface area contributed by atoms with Crippen LogP contribution in [0.4, 0.5) is 4.11 Å². The maximum Gasteiger partial charge on any atom is 0.575 e. The number of benzene rings is 1. The zero-order chi connectivity index (χ0) is 10.4. The van der Waals surface area contributed by atoms with Gasteiger partial charge in [0.15, 0.2) is 0 Å². The minimum Gasteiger partial charge on any atom is -0.367 e. The third kappa shape index (κ3) is 2.64. The summed E-state index contributed by atoms with van der Waals surface area (Å²) in [5.41, 5.74) is 0. The fourth-order valence-corrected chi connectivity index (χ4v) is 2.97. The van der Waals surface area contributed by atoms with E-state index in [0.29, 0.717) is 18.4 Å². The Morgan fingerprint density at radius 2 is 1.57 bits per heavy atom. The lowest BCUT2D eigenvalue weighted by Crippen LogP contribution is -2.49. The van der Waals surface area contributed by atoms with Crippen molar-refractivity contribution in [1.29, 1.82) is 0 Å². The second-order valence-electron chi connectivity index (χ2n) is 2.77. The van der Waals surface area contributed by atoms with Gasteiger partial charge in [0.05, 0.1) is 0 Å². The highest BCUT2D eigenvalue weighted by Gasteiger charge is 2.41. The summed E-state index contributed by atoms with van der Waals surface area (Å²) < 4.78 is 24.4. The Bertz CT molecular complexity index is 260. The van der Waals surface area contributed by atoms with Crippen molar-refractivity contribution in [3.8, 4) is 0 Å². The van der Waals surface area contributed by atoms with Gasteiger partial charge in [0.25, 0.3) is 0 Å². The first-order valence-electron chi connectivity index (χ1n) is 4.75. The van der Waals surface area contributed by atoms with Crippen LogP contribution in [0.3, 0.4) is 0 Å². The van der Waals surface area contributed by atoms with E-state index in [-0.39, 0.29) is 0 Å². The Balaban J connectivity index is 2.87. The first-order valence-corrected chi connectivity index (χ1v) is 6.44. The Labute approximate surface area is 85.1 Å². The molecule has 1 aromatic carbocycles. The van der Waals surface area contributed by atoms with E-state index in [1.54, 1.807) is 38.1 Å². The average molecular weight is 214 g/mol. The van der Waals surface area contributed by atoms with Crippen molar-refractivity contribution in [2.75, 3.05) is 13.2 Å². The van der Waals surface area contributed by atoms with Gasteiger partial charge in [-0.2, -0.15) is 0 Å². The quantitative estimate of drug-likeness (QED) is 0.550. The van der Waals surface area contributed by atoms with E-state index in [2.05, 4.69) is 0 Å². The molecule has 0 aliphatic rings. The summed E-state index contributed by atoms with van der Waals surface area (Å²) in [5.74, 6) is 0. The molecular formula is C10H15FO2Si. The summed E-state index contributed by atoms with van der Waals surface area (Å²) in [6.45, 7) is 4.20. The van der Waals surface area contributed by atoms with Gasteiger partial charge in [-0.05, 0) is 13.8 Å². The molecule has 2 nitrogen and oxygen atoms in total. The highest BCUT2D eigenvalue weighted by Crippen LogP contribution is 2.09. The summed E-state index contributed by atoms with van der Waals surface area (Å²) >= 11 is 0. The van der Waals surface area contributed by atoms with Gasteiger partial charge in [-0.25, -0.2) is 4.11 Å². The van der Waals surface area contributed by atoms with Crippen molar-refractivity contribution >= 4 is 14.1 Å². The Kier molecular flexibility index (Phi) is 4.25. The van der Waals surface area contributed by atoms with Crippen molar-refractivity contribution in [3.05, 3.63) is 30.3 Å². The van der Waals surface area contributed by atoms with Gasteiger partial charge < -0.3 is 8.85 Å². The van der Waals surface area contributed by atoms with E-state index < -0.39 is 8.89 Å². The predicted octanol–water partition coefficient (Wildman–Crippen LogP) is 1.88. The van der Waals surface area contributed by atoms with Gasteiger partial charge >= 0.3 is 8.89 Å². The molecule has 14 heavy (non-hydrogen) atoms. The van der Waals surface area contributed by atoms with Gasteiger partial charge in [0, 0.05) is 18.4 Å². The molecular weight excluding hydrogens is 199 g/mol. The first kappa shape index (κ1) is 11.4. The van der Waals surface area contributed by atoms with Crippen molar-refractivity contribution in [3.63, 3.8) is 0 Å². The summed E-state index contributed by atoms with van der Waals surface area (Å²) in [4.78, 5) is 0. The lowest BCUT2D eigenvalue weighted by atomic mass is 10.4. The molecule has 1 rings (SSSR count). The molecule has 1 aromatic rings. The second kappa shape index (κ2) is 5.24. The van der Waals surface area contributed by atoms with Crippen LogP contribution in [0.5, 0.6) is 0 Å². The summed E-state index contributed by atoms with van der Waals surface area (Å²) in [7, 11) is -3.63. The molecule has 0 radical (unpaired) electrons. The highest BCUT2D eigenvalue weighted by molar-refractivity contribution is 6.74. The molecule has 0 saturated carbocycles. The number of hydrogen-bond acceptors (Lipinski definition) is 2. The van der Waals surface area contributed by atoms with Crippen LogP contribution in [0, 0.1) is 0 Å². The number of rotatable bonds is 5. The van der Waals surface area contributed by atoms with Crippen LogP contribution in [0.1, 0.15) is 13.8 Å². The molecule has 0 aliphatic carbocycles. The molecule has 4 heteroatoms.